The summed E-state index contributed by atoms with van der Waals surface area (Å²) in [6, 6.07) is 32.6. The maximum absolute atomic E-state index is 6.02. The van der Waals surface area contributed by atoms with Gasteiger partial charge < -0.3 is 4.74 Å². The van der Waals surface area contributed by atoms with E-state index < -0.39 is 0 Å². The molecular formula is C29H26O. The van der Waals surface area contributed by atoms with E-state index in [0.717, 1.165) is 12.2 Å². The highest BCUT2D eigenvalue weighted by Gasteiger charge is 2.24. The third kappa shape index (κ3) is 3.41. The van der Waals surface area contributed by atoms with Crippen LogP contribution in [0.1, 0.15) is 31.9 Å². The minimum atomic E-state index is -0.198. The molecule has 4 aromatic carbocycles. The zero-order valence-corrected chi connectivity index (χ0v) is 17.8. The van der Waals surface area contributed by atoms with Gasteiger partial charge >= 0.3 is 0 Å². The highest BCUT2D eigenvalue weighted by Crippen LogP contribution is 2.46. The van der Waals surface area contributed by atoms with E-state index in [9.17, 15) is 0 Å². The SMILES string of the molecule is CC(C)(C)Oc1ccc(-c2ccc3c(c2-c2ccccc2)Cc2ccccc2-3)cc1. The predicted molar refractivity (Wildman–Crippen MR) is 126 cm³/mol. The first kappa shape index (κ1) is 18.7. The first-order chi connectivity index (χ1) is 14.5. The van der Waals surface area contributed by atoms with Gasteiger partial charge in [-0.15, -0.1) is 0 Å². The second-order valence-corrected chi connectivity index (χ2v) is 8.95. The fourth-order valence-electron chi connectivity index (χ4n) is 4.44. The van der Waals surface area contributed by atoms with Gasteiger partial charge in [-0.1, -0.05) is 78.9 Å². The molecule has 5 rings (SSSR count). The summed E-state index contributed by atoms with van der Waals surface area (Å²) in [7, 11) is 0. The highest BCUT2D eigenvalue weighted by atomic mass is 16.5. The zero-order valence-electron chi connectivity index (χ0n) is 17.8. The maximum Gasteiger partial charge on any atom is 0.120 e. The third-order valence-electron chi connectivity index (χ3n) is 5.64. The zero-order chi connectivity index (χ0) is 20.7. The van der Waals surface area contributed by atoms with Crippen molar-refractivity contribution >= 4 is 0 Å². The van der Waals surface area contributed by atoms with Crippen LogP contribution in [-0.4, -0.2) is 5.60 Å². The molecule has 0 heterocycles. The van der Waals surface area contributed by atoms with Crippen molar-refractivity contribution in [2.24, 2.45) is 0 Å². The van der Waals surface area contributed by atoms with Gasteiger partial charge in [0, 0.05) is 0 Å². The van der Waals surface area contributed by atoms with Crippen molar-refractivity contribution in [3.63, 3.8) is 0 Å². The topological polar surface area (TPSA) is 9.23 Å². The lowest BCUT2D eigenvalue weighted by Gasteiger charge is -2.21. The fourth-order valence-corrected chi connectivity index (χ4v) is 4.44. The van der Waals surface area contributed by atoms with E-state index in [4.69, 9.17) is 4.74 Å². The monoisotopic (exact) mass is 390 g/mol. The van der Waals surface area contributed by atoms with Gasteiger partial charge in [0.05, 0.1) is 0 Å². The molecule has 1 nitrogen and oxygen atoms in total. The van der Waals surface area contributed by atoms with Crippen LogP contribution in [0, 0.1) is 0 Å². The maximum atomic E-state index is 6.02. The standard InChI is InChI=1S/C29H26O/c1-29(2,3)30-23-15-13-20(14-16-23)25-17-18-26-24-12-8-7-11-22(24)19-27(26)28(25)21-9-5-4-6-10-21/h4-18H,19H2,1-3H3. The van der Waals surface area contributed by atoms with Crippen LogP contribution >= 0.6 is 0 Å². The molecule has 0 amide bonds. The quantitative estimate of drug-likeness (QED) is 0.306. The molecule has 1 heteroatoms. The van der Waals surface area contributed by atoms with Crippen molar-refractivity contribution in [1.82, 2.24) is 0 Å². The van der Waals surface area contributed by atoms with Crippen LogP contribution < -0.4 is 4.74 Å². The van der Waals surface area contributed by atoms with Crippen LogP contribution in [0.2, 0.25) is 0 Å². The molecule has 30 heavy (non-hydrogen) atoms. The normalized spacial score (nSPS) is 12.4. The smallest absolute Gasteiger partial charge is 0.120 e. The molecule has 148 valence electrons. The first-order valence-electron chi connectivity index (χ1n) is 10.6. The van der Waals surface area contributed by atoms with Gasteiger partial charge in [-0.2, -0.15) is 0 Å². The lowest BCUT2D eigenvalue weighted by Crippen LogP contribution is -2.22. The van der Waals surface area contributed by atoms with Gasteiger partial charge in [0.2, 0.25) is 0 Å². The molecule has 0 saturated heterocycles. The van der Waals surface area contributed by atoms with E-state index in [1.165, 1.54) is 44.5 Å². The van der Waals surface area contributed by atoms with Gasteiger partial charge in [-0.3, -0.25) is 0 Å². The molecule has 0 atom stereocenters. The van der Waals surface area contributed by atoms with E-state index in [-0.39, 0.29) is 5.60 Å². The average Bonchev–Trinajstić information content (AvgIpc) is 3.12. The summed E-state index contributed by atoms with van der Waals surface area (Å²) in [5.41, 5.74) is 10.5. The van der Waals surface area contributed by atoms with E-state index in [2.05, 4.69) is 112 Å². The van der Waals surface area contributed by atoms with Crippen LogP contribution in [0.15, 0.2) is 91.0 Å². The average molecular weight is 391 g/mol. The Labute approximate surface area is 179 Å². The first-order valence-corrected chi connectivity index (χ1v) is 10.6. The number of hydrogen-bond acceptors (Lipinski definition) is 1. The summed E-state index contributed by atoms with van der Waals surface area (Å²) in [6.45, 7) is 6.23. The third-order valence-corrected chi connectivity index (χ3v) is 5.64. The van der Waals surface area contributed by atoms with Gasteiger partial charge in [-0.05, 0) is 83.8 Å². The Balaban J connectivity index is 1.66. The lowest BCUT2D eigenvalue weighted by molar-refractivity contribution is 0.131. The number of hydrogen-bond donors (Lipinski definition) is 0. The van der Waals surface area contributed by atoms with Gasteiger partial charge in [-0.25, -0.2) is 0 Å². The molecule has 0 radical (unpaired) electrons. The number of rotatable bonds is 3. The van der Waals surface area contributed by atoms with Crippen LogP contribution in [0.4, 0.5) is 0 Å². The largest absolute Gasteiger partial charge is 0.488 e. The Morgan fingerprint density at radius 2 is 1.27 bits per heavy atom. The summed E-state index contributed by atoms with van der Waals surface area (Å²) in [5, 5.41) is 0. The van der Waals surface area contributed by atoms with Crippen LogP contribution in [0.5, 0.6) is 5.75 Å². The fraction of sp³-hybridized carbons (Fsp3) is 0.172. The van der Waals surface area contributed by atoms with Gasteiger partial charge in [0.25, 0.3) is 0 Å². The summed E-state index contributed by atoms with van der Waals surface area (Å²) >= 11 is 0. The molecule has 0 saturated carbocycles. The predicted octanol–water partition coefficient (Wildman–Crippen LogP) is 7.77. The van der Waals surface area contributed by atoms with Crippen molar-refractivity contribution < 1.29 is 4.74 Å². The van der Waals surface area contributed by atoms with E-state index >= 15 is 0 Å². The summed E-state index contributed by atoms with van der Waals surface area (Å²) in [4.78, 5) is 0. The molecule has 0 aromatic heterocycles. The van der Waals surface area contributed by atoms with Crippen molar-refractivity contribution in [2.75, 3.05) is 0 Å². The minimum absolute atomic E-state index is 0.198. The molecule has 1 aliphatic carbocycles. The second-order valence-electron chi connectivity index (χ2n) is 8.95. The van der Waals surface area contributed by atoms with Gasteiger partial charge in [0.1, 0.15) is 11.4 Å². The van der Waals surface area contributed by atoms with E-state index in [1.54, 1.807) is 0 Å². The highest BCUT2D eigenvalue weighted by molar-refractivity contribution is 5.93. The van der Waals surface area contributed by atoms with Crippen LogP contribution in [0.3, 0.4) is 0 Å². The second kappa shape index (κ2) is 7.18. The molecule has 4 aromatic rings. The molecule has 0 bridgehead atoms. The summed E-state index contributed by atoms with van der Waals surface area (Å²) in [6.07, 6.45) is 0.981. The van der Waals surface area contributed by atoms with Crippen molar-refractivity contribution in [3.8, 4) is 39.1 Å². The molecule has 0 fully saturated rings. The molecule has 0 unspecified atom stereocenters. The number of fused-ring (bicyclic) bond motifs is 3. The van der Waals surface area contributed by atoms with Crippen molar-refractivity contribution in [3.05, 3.63) is 102 Å². The number of benzene rings is 4. The minimum Gasteiger partial charge on any atom is -0.488 e. The molecule has 0 N–H and O–H groups in total. The molecule has 0 spiro atoms. The van der Waals surface area contributed by atoms with Crippen molar-refractivity contribution in [2.45, 2.75) is 32.8 Å². The molecule has 0 aliphatic heterocycles. The van der Waals surface area contributed by atoms with E-state index in [0.29, 0.717) is 0 Å². The lowest BCUT2D eigenvalue weighted by atomic mass is 9.88. The Bertz CT molecular complexity index is 1200. The summed E-state index contributed by atoms with van der Waals surface area (Å²) in [5.74, 6) is 0.904. The molecular weight excluding hydrogens is 364 g/mol. The summed E-state index contributed by atoms with van der Waals surface area (Å²) < 4.78 is 6.02. The Morgan fingerprint density at radius 1 is 0.600 bits per heavy atom. The number of ether oxygens (including phenoxy) is 1. The van der Waals surface area contributed by atoms with Crippen LogP contribution in [-0.2, 0) is 6.42 Å². The van der Waals surface area contributed by atoms with E-state index in [1.807, 2.05) is 0 Å². The Kier molecular flexibility index (Phi) is 4.47. The molecule has 1 aliphatic rings. The van der Waals surface area contributed by atoms with Crippen molar-refractivity contribution in [1.29, 1.82) is 0 Å². The van der Waals surface area contributed by atoms with Crippen LogP contribution in [0.25, 0.3) is 33.4 Å². The Morgan fingerprint density at radius 3 is 2.00 bits per heavy atom. The Hall–Kier alpha value is -3.32. The van der Waals surface area contributed by atoms with Gasteiger partial charge in [0.15, 0.2) is 0 Å².